The highest BCUT2D eigenvalue weighted by molar-refractivity contribution is 5.76. The van der Waals surface area contributed by atoms with Gasteiger partial charge >= 0.3 is 0 Å². The second kappa shape index (κ2) is 4.17. The van der Waals surface area contributed by atoms with Gasteiger partial charge in [-0.15, -0.1) is 0 Å². The predicted molar refractivity (Wildman–Crippen MR) is 60.4 cm³/mol. The van der Waals surface area contributed by atoms with Crippen LogP contribution in [0.5, 0.6) is 0 Å². The summed E-state index contributed by atoms with van der Waals surface area (Å²) in [4.78, 5) is 0. The summed E-state index contributed by atoms with van der Waals surface area (Å²) in [5, 5.41) is 18.3. The lowest BCUT2D eigenvalue weighted by molar-refractivity contribution is 0.236. The number of hydrogen-bond acceptors (Lipinski definition) is 2. The number of aliphatic hydroxyl groups is 2. The quantitative estimate of drug-likeness (QED) is 0.787. The molecule has 0 bridgehead atoms. The van der Waals surface area contributed by atoms with Gasteiger partial charge in [0.05, 0.1) is 13.2 Å². The molecule has 0 fully saturated rings. The number of aliphatic hydroxyl groups excluding tert-OH is 2. The maximum Gasteiger partial charge on any atom is 0.0648 e. The van der Waals surface area contributed by atoms with Crippen molar-refractivity contribution in [1.29, 1.82) is 0 Å². The van der Waals surface area contributed by atoms with Crippen molar-refractivity contribution in [1.82, 2.24) is 0 Å². The van der Waals surface area contributed by atoms with Crippen LogP contribution in [0.4, 0.5) is 0 Å². The van der Waals surface area contributed by atoms with Crippen LogP contribution in [-0.2, 0) is 0 Å². The Kier molecular flexibility index (Phi) is 2.89. The van der Waals surface area contributed by atoms with Crippen molar-refractivity contribution in [2.45, 2.75) is 13.3 Å². The summed E-state index contributed by atoms with van der Waals surface area (Å²) >= 11 is 0. The fourth-order valence-corrected chi connectivity index (χ4v) is 2.15. The van der Waals surface area contributed by atoms with E-state index in [0.29, 0.717) is 0 Å². The van der Waals surface area contributed by atoms with Crippen molar-refractivity contribution in [2.24, 2.45) is 5.92 Å². The molecule has 0 saturated carbocycles. The molecule has 0 saturated heterocycles. The molecule has 2 rings (SSSR count). The summed E-state index contributed by atoms with van der Waals surface area (Å²) in [5.41, 5.74) is 4.57. The molecule has 0 heterocycles. The van der Waals surface area contributed by atoms with Gasteiger partial charge in [0.1, 0.15) is 0 Å². The number of rotatable bonds is 3. The molecule has 1 unspecified atom stereocenters. The Hall–Kier alpha value is -1.12. The first-order valence-electron chi connectivity index (χ1n) is 5.27. The normalized spacial score (nSPS) is 20.3. The zero-order chi connectivity index (χ0) is 10.8. The smallest absolute Gasteiger partial charge is 0.0648 e. The van der Waals surface area contributed by atoms with Crippen LogP contribution in [0.1, 0.15) is 17.5 Å². The van der Waals surface area contributed by atoms with E-state index in [2.05, 4.69) is 31.2 Å². The van der Waals surface area contributed by atoms with Gasteiger partial charge in [-0.05, 0) is 30.1 Å². The molecule has 2 heteroatoms. The molecule has 2 nitrogen and oxygen atoms in total. The lowest BCUT2D eigenvalue weighted by Crippen LogP contribution is -2.22. The van der Waals surface area contributed by atoms with Gasteiger partial charge in [0.2, 0.25) is 0 Å². The average molecular weight is 204 g/mol. The van der Waals surface area contributed by atoms with Gasteiger partial charge in [-0.1, -0.05) is 29.8 Å². The van der Waals surface area contributed by atoms with Crippen LogP contribution in [0.2, 0.25) is 0 Å². The van der Waals surface area contributed by atoms with E-state index in [4.69, 9.17) is 10.2 Å². The zero-order valence-corrected chi connectivity index (χ0v) is 8.90. The molecule has 1 aromatic rings. The maximum absolute atomic E-state index is 9.17. The first-order valence-corrected chi connectivity index (χ1v) is 5.27. The standard InChI is InChI=1S/C13H16O2/c1-9-2-4-10(5-3-9)13-11(7-14)6-12(13)8-15/h2-5,11,14-15H,6-8H2,1H3. The molecule has 0 aliphatic heterocycles. The highest BCUT2D eigenvalue weighted by Gasteiger charge is 2.28. The van der Waals surface area contributed by atoms with E-state index in [-0.39, 0.29) is 19.1 Å². The second-order valence-corrected chi connectivity index (χ2v) is 4.12. The van der Waals surface area contributed by atoms with E-state index in [1.54, 1.807) is 0 Å². The third-order valence-corrected chi connectivity index (χ3v) is 3.06. The predicted octanol–water partition coefficient (Wildman–Crippen LogP) is 1.75. The van der Waals surface area contributed by atoms with Gasteiger partial charge in [-0.2, -0.15) is 0 Å². The second-order valence-electron chi connectivity index (χ2n) is 4.12. The Balaban J connectivity index is 2.33. The van der Waals surface area contributed by atoms with Gasteiger partial charge in [-0.3, -0.25) is 0 Å². The summed E-state index contributed by atoms with van der Waals surface area (Å²) in [5.74, 6) is 0.217. The van der Waals surface area contributed by atoms with Crippen molar-refractivity contribution in [3.05, 3.63) is 41.0 Å². The first-order chi connectivity index (χ1) is 7.26. The van der Waals surface area contributed by atoms with E-state index >= 15 is 0 Å². The molecule has 0 spiro atoms. The minimum atomic E-state index is 0.111. The molecule has 0 aromatic heterocycles. The van der Waals surface area contributed by atoms with Crippen LogP contribution in [0.15, 0.2) is 29.8 Å². The van der Waals surface area contributed by atoms with E-state index in [1.807, 2.05) is 0 Å². The van der Waals surface area contributed by atoms with Crippen LogP contribution in [-0.4, -0.2) is 23.4 Å². The molecule has 80 valence electrons. The minimum absolute atomic E-state index is 0.111. The third kappa shape index (κ3) is 1.83. The molecular formula is C13H16O2. The molecule has 1 atom stereocenters. The van der Waals surface area contributed by atoms with Crippen LogP contribution in [0.3, 0.4) is 0 Å². The van der Waals surface area contributed by atoms with E-state index < -0.39 is 0 Å². The molecule has 1 aliphatic rings. The zero-order valence-electron chi connectivity index (χ0n) is 8.90. The molecular weight excluding hydrogens is 188 g/mol. The van der Waals surface area contributed by atoms with Crippen LogP contribution in [0.25, 0.3) is 5.57 Å². The molecule has 15 heavy (non-hydrogen) atoms. The number of benzene rings is 1. The van der Waals surface area contributed by atoms with Crippen molar-refractivity contribution in [3.63, 3.8) is 0 Å². The van der Waals surface area contributed by atoms with Crippen molar-refractivity contribution >= 4 is 5.57 Å². The summed E-state index contributed by atoms with van der Waals surface area (Å²) in [6.07, 6.45) is 0.830. The Labute approximate surface area is 89.9 Å². The van der Waals surface area contributed by atoms with E-state index in [0.717, 1.165) is 23.1 Å². The number of aryl methyl sites for hydroxylation is 1. The first kappa shape index (κ1) is 10.4. The molecule has 0 radical (unpaired) electrons. The summed E-state index contributed by atoms with van der Waals surface area (Å²) in [7, 11) is 0. The SMILES string of the molecule is Cc1ccc(C2=C(CO)CC2CO)cc1. The number of hydrogen-bond donors (Lipinski definition) is 2. The van der Waals surface area contributed by atoms with E-state index in [1.165, 1.54) is 5.56 Å². The molecule has 2 N–H and O–H groups in total. The summed E-state index contributed by atoms with van der Waals surface area (Å²) in [6.45, 7) is 2.34. The van der Waals surface area contributed by atoms with Crippen molar-refractivity contribution in [3.8, 4) is 0 Å². The topological polar surface area (TPSA) is 40.5 Å². The van der Waals surface area contributed by atoms with E-state index in [9.17, 15) is 0 Å². The highest BCUT2D eigenvalue weighted by atomic mass is 16.3. The highest BCUT2D eigenvalue weighted by Crippen LogP contribution is 2.41. The van der Waals surface area contributed by atoms with Crippen LogP contribution < -0.4 is 0 Å². The molecule has 1 aliphatic carbocycles. The Morgan fingerprint density at radius 3 is 2.40 bits per heavy atom. The Bertz CT molecular complexity index is 376. The fourth-order valence-electron chi connectivity index (χ4n) is 2.15. The Morgan fingerprint density at radius 2 is 1.87 bits per heavy atom. The summed E-state index contributed by atoms with van der Waals surface area (Å²) in [6, 6.07) is 8.23. The Morgan fingerprint density at radius 1 is 1.20 bits per heavy atom. The van der Waals surface area contributed by atoms with Gasteiger partial charge in [0, 0.05) is 5.92 Å². The monoisotopic (exact) mass is 204 g/mol. The largest absolute Gasteiger partial charge is 0.396 e. The minimum Gasteiger partial charge on any atom is -0.396 e. The van der Waals surface area contributed by atoms with Crippen molar-refractivity contribution in [2.75, 3.05) is 13.2 Å². The van der Waals surface area contributed by atoms with Crippen LogP contribution in [0, 0.1) is 12.8 Å². The van der Waals surface area contributed by atoms with Crippen molar-refractivity contribution < 1.29 is 10.2 Å². The lowest BCUT2D eigenvalue weighted by Gasteiger charge is -2.32. The van der Waals surface area contributed by atoms with Gasteiger partial charge in [0.15, 0.2) is 0 Å². The lowest BCUT2D eigenvalue weighted by atomic mass is 9.74. The third-order valence-electron chi connectivity index (χ3n) is 3.06. The fraction of sp³-hybridized carbons (Fsp3) is 0.385. The van der Waals surface area contributed by atoms with Gasteiger partial charge in [-0.25, -0.2) is 0 Å². The van der Waals surface area contributed by atoms with Gasteiger partial charge < -0.3 is 10.2 Å². The summed E-state index contributed by atoms with van der Waals surface area (Å²) < 4.78 is 0. The van der Waals surface area contributed by atoms with Gasteiger partial charge in [0.25, 0.3) is 0 Å². The van der Waals surface area contributed by atoms with Crippen LogP contribution >= 0.6 is 0 Å². The molecule has 1 aromatic carbocycles. The molecule has 0 amide bonds. The average Bonchev–Trinajstić information content (AvgIpc) is 2.21. The maximum atomic E-state index is 9.17.